The topological polar surface area (TPSA) is 91.0 Å². The van der Waals surface area contributed by atoms with Gasteiger partial charge in [-0.3, -0.25) is 10.7 Å². The second-order valence-electron chi connectivity index (χ2n) is 3.99. The highest BCUT2D eigenvalue weighted by molar-refractivity contribution is 5.93. The van der Waals surface area contributed by atoms with Gasteiger partial charge >= 0.3 is 6.03 Å². The van der Waals surface area contributed by atoms with Crippen molar-refractivity contribution in [2.75, 3.05) is 6.54 Å². The molecule has 0 radical (unpaired) electrons. The minimum Gasteiger partial charge on any atom is -0.356 e. The quantitative estimate of drug-likeness (QED) is 0.215. The maximum atomic E-state index is 10.4. The van der Waals surface area contributed by atoms with Crippen LogP contribution >= 0.6 is 0 Å². The SMILES string of the molecule is C=CCCCCCCCCNC(=N)NC(N)=O. The van der Waals surface area contributed by atoms with Gasteiger partial charge in [-0.1, -0.05) is 31.8 Å². The Morgan fingerprint density at radius 3 is 2.35 bits per heavy atom. The molecule has 0 unspecified atom stereocenters. The molecule has 5 heteroatoms. The number of allylic oxidation sites excluding steroid dienone is 1. The van der Waals surface area contributed by atoms with Crippen molar-refractivity contribution in [1.29, 1.82) is 5.41 Å². The Labute approximate surface area is 103 Å². The normalized spacial score (nSPS) is 9.65. The third-order valence-electron chi connectivity index (χ3n) is 2.39. The van der Waals surface area contributed by atoms with Crippen LogP contribution in [0.5, 0.6) is 0 Å². The van der Waals surface area contributed by atoms with Crippen LogP contribution in [0.1, 0.15) is 44.9 Å². The van der Waals surface area contributed by atoms with E-state index in [0.717, 1.165) is 19.3 Å². The van der Waals surface area contributed by atoms with Gasteiger partial charge in [0.2, 0.25) is 0 Å². The van der Waals surface area contributed by atoms with Gasteiger partial charge in [0.05, 0.1) is 0 Å². The Morgan fingerprint density at radius 1 is 1.18 bits per heavy atom. The molecule has 0 aliphatic heterocycles. The molecule has 0 fully saturated rings. The van der Waals surface area contributed by atoms with Crippen LogP contribution in [-0.4, -0.2) is 18.5 Å². The smallest absolute Gasteiger partial charge is 0.318 e. The number of hydrogen-bond donors (Lipinski definition) is 4. The number of carbonyl (C=O) groups excluding carboxylic acids is 1. The molecule has 0 aliphatic rings. The molecule has 0 spiro atoms. The van der Waals surface area contributed by atoms with E-state index in [1.807, 2.05) is 6.08 Å². The van der Waals surface area contributed by atoms with E-state index in [4.69, 9.17) is 11.1 Å². The van der Waals surface area contributed by atoms with Crippen LogP contribution in [0.4, 0.5) is 4.79 Å². The lowest BCUT2D eigenvalue weighted by Gasteiger charge is -2.07. The van der Waals surface area contributed by atoms with Crippen molar-refractivity contribution in [1.82, 2.24) is 10.6 Å². The van der Waals surface area contributed by atoms with E-state index in [9.17, 15) is 4.79 Å². The first-order valence-electron chi connectivity index (χ1n) is 6.16. The minimum absolute atomic E-state index is 0.0246. The summed E-state index contributed by atoms with van der Waals surface area (Å²) in [5, 5.41) is 12.2. The molecule has 17 heavy (non-hydrogen) atoms. The predicted molar refractivity (Wildman–Crippen MR) is 71.0 cm³/mol. The number of urea groups is 1. The van der Waals surface area contributed by atoms with Gasteiger partial charge in [-0.05, 0) is 19.3 Å². The number of primary amides is 1. The summed E-state index contributed by atoms with van der Waals surface area (Å²) in [6.45, 7) is 4.39. The number of guanidine groups is 1. The van der Waals surface area contributed by atoms with Crippen LogP contribution in [0.15, 0.2) is 12.7 Å². The molecule has 2 amide bonds. The van der Waals surface area contributed by atoms with Gasteiger partial charge in [0, 0.05) is 6.54 Å². The highest BCUT2D eigenvalue weighted by Crippen LogP contribution is 2.06. The highest BCUT2D eigenvalue weighted by atomic mass is 16.2. The molecule has 0 saturated heterocycles. The molecule has 0 heterocycles. The van der Waals surface area contributed by atoms with E-state index in [-0.39, 0.29) is 5.96 Å². The Balaban J connectivity index is 3.15. The monoisotopic (exact) mass is 240 g/mol. The van der Waals surface area contributed by atoms with E-state index >= 15 is 0 Å². The Kier molecular flexibility index (Phi) is 10.00. The van der Waals surface area contributed by atoms with Gasteiger partial charge in [0.25, 0.3) is 0 Å². The van der Waals surface area contributed by atoms with Gasteiger partial charge in [0.1, 0.15) is 0 Å². The zero-order valence-electron chi connectivity index (χ0n) is 10.4. The average molecular weight is 240 g/mol. The van der Waals surface area contributed by atoms with Crippen molar-refractivity contribution in [3.63, 3.8) is 0 Å². The lowest BCUT2D eigenvalue weighted by Crippen LogP contribution is -2.43. The van der Waals surface area contributed by atoms with Gasteiger partial charge < -0.3 is 11.1 Å². The molecule has 5 nitrogen and oxygen atoms in total. The Bertz CT molecular complexity index is 241. The van der Waals surface area contributed by atoms with Crippen LogP contribution < -0.4 is 16.4 Å². The highest BCUT2D eigenvalue weighted by Gasteiger charge is 1.97. The lowest BCUT2D eigenvalue weighted by molar-refractivity contribution is 0.253. The van der Waals surface area contributed by atoms with E-state index in [0.29, 0.717) is 6.54 Å². The van der Waals surface area contributed by atoms with Crippen molar-refractivity contribution in [3.05, 3.63) is 12.7 Å². The van der Waals surface area contributed by atoms with Gasteiger partial charge in [-0.2, -0.15) is 0 Å². The van der Waals surface area contributed by atoms with Crippen molar-refractivity contribution < 1.29 is 4.79 Å². The number of amides is 2. The van der Waals surface area contributed by atoms with Crippen molar-refractivity contribution >= 4 is 12.0 Å². The summed E-state index contributed by atoms with van der Waals surface area (Å²) in [4.78, 5) is 10.4. The number of rotatable bonds is 9. The number of hydrogen-bond acceptors (Lipinski definition) is 2. The van der Waals surface area contributed by atoms with Gasteiger partial charge in [0.15, 0.2) is 5.96 Å². The molecule has 0 rings (SSSR count). The summed E-state index contributed by atoms with van der Waals surface area (Å²) in [5.41, 5.74) is 4.87. The van der Waals surface area contributed by atoms with E-state index in [2.05, 4.69) is 17.2 Å². The molecular weight excluding hydrogens is 216 g/mol. The molecular formula is C12H24N4O. The lowest BCUT2D eigenvalue weighted by atomic mass is 10.1. The molecule has 0 aromatic heterocycles. The molecule has 0 aromatic carbocycles. The first-order chi connectivity index (χ1) is 8.16. The van der Waals surface area contributed by atoms with Crippen LogP contribution in [0.3, 0.4) is 0 Å². The maximum absolute atomic E-state index is 10.4. The summed E-state index contributed by atoms with van der Waals surface area (Å²) in [6.07, 6.45) is 10.2. The van der Waals surface area contributed by atoms with E-state index in [1.54, 1.807) is 0 Å². The third kappa shape index (κ3) is 12.4. The molecule has 0 aromatic rings. The average Bonchev–Trinajstić information content (AvgIpc) is 2.26. The van der Waals surface area contributed by atoms with Gasteiger partial charge in [-0.25, -0.2) is 4.79 Å². The fraction of sp³-hybridized carbons (Fsp3) is 0.667. The van der Waals surface area contributed by atoms with E-state index < -0.39 is 6.03 Å². The number of nitrogens with one attached hydrogen (secondary N) is 3. The van der Waals surface area contributed by atoms with Crippen molar-refractivity contribution in [2.45, 2.75) is 44.9 Å². The molecule has 5 N–H and O–H groups in total. The Hall–Kier alpha value is -1.52. The first kappa shape index (κ1) is 15.5. The molecule has 0 atom stereocenters. The Morgan fingerprint density at radius 2 is 1.76 bits per heavy atom. The van der Waals surface area contributed by atoms with Crippen LogP contribution in [0, 0.1) is 5.41 Å². The zero-order chi connectivity index (χ0) is 12.9. The summed E-state index contributed by atoms with van der Waals surface area (Å²) in [6, 6.07) is -0.704. The fourth-order valence-corrected chi connectivity index (χ4v) is 1.50. The third-order valence-corrected chi connectivity index (χ3v) is 2.39. The van der Waals surface area contributed by atoms with Gasteiger partial charge in [-0.15, -0.1) is 6.58 Å². The van der Waals surface area contributed by atoms with Crippen LogP contribution in [-0.2, 0) is 0 Å². The zero-order valence-corrected chi connectivity index (χ0v) is 10.4. The summed E-state index contributed by atoms with van der Waals surface area (Å²) >= 11 is 0. The number of nitrogens with two attached hydrogens (primary N) is 1. The number of carbonyl (C=O) groups is 1. The van der Waals surface area contributed by atoms with Crippen molar-refractivity contribution in [3.8, 4) is 0 Å². The summed E-state index contributed by atoms with van der Waals surface area (Å²) < 4.78 is 0. The van der Waals surface area contributed by atoms with Crippen LogP contribution in [0.25, 0.3) is 0 Å². The summed E-state index contributed by atoms with van der Waals surface area (Å²) in [7, 11) is 0. The molecule has 0 saturated carbocycles. The molecule has 98 valence electrons. The number of unbranched alkanes of at least 4 members (excludes halogenated alkanes) is 6. The maximum Gasteiger partial charge on any atom is 0.318 e. The predicted octanol–water partition coefficient (Wildman–Crippen LogP) is 2.10. The van der Waals surface area contributed by atoms with E-state index in [1.165, 1.54) is 25.7 Å². The largest absolute Gasteiger partial charge is 0.356 e. The minimum atomic E-state index is -0.704. The fourth-order valence-electron chi connectivity index (χ4n) is 1.50. The summed E-state index contributed by atoms with van der Waals surface area (Å²) in [5.74, 6) is -0.0246. The van der Waals surface area contributed by atoms with Crippen LogP contribution in [0.2, 0.25) is 0 Å². The molecule has 0 aliphatic carbocycles. The molecule has 0 bridgehead atoms. The standard InChI is InChI=1S/C12H24N4O/c1-2-3-4-5-6-7-8-9-10-15-11(13)16-12(14)17/h2H,1,3-10H2,(H5,13,14,15,16,17). The second-order valence-corrected chi connectivity index (χ2v) is 3.99. The second kappa shape index (κ2) is 11.0. The first-order valence-corrected chi connectivity index (χ1v) is 6.16. The van der Waals surface area contributed by atoms with Crippen molar-refractivity contribution in [2.24, 2.45) is 5.73 Å².